The van der Waals surface area contributed by atoms with Gasteiger partial charge in [-0.05, 0) is 6.92 Å². The van der Waals surface area contributed by atoms with Crippen LogP contribution in [0.25, 0.3) is 11.4 Å². The van der Waals surface area contributed by atoms with Crippen molar-refractivity contribution in [1.82, 2.24) is 19.9 Å². The Morgan fingerprint density at radius 1 is 1.17 bits per heavy atom. The standard InChI is InChI=1S/C16H12FN5O2/c1-9-11(7-18-13(20-9)10-5-3-2-4-6-10)15(23)21-14-12(17)8-19-16(24)22-14/h2-8H,1H3,(H2,19,21,22,23,24). The lowest BCUT2D eigenvalue weighted by molar-refractivity contribution is 0.102. The highest BCUT2D eigenvalue weighted by molar-refractivity contribution is 6.04. The Balaban J connectivity index is 1.88. The molecule has 0 fully saturated rings. The van der Waals surface area contributed by atoms with Gasteiger partial charge in [0.15, 0.2) is 17.5 Å². The van der Waals surface area contributed by atoms with Gasteiger partial charge in [-0.25, -0.2) is 19.2 Å². The number of benzene rings is 1. The lowest BCUT2D eigenvalue weighted by atomic mass is 10.2. The molecule has 8 heteroatoms. The largest absolute Gasteiger partial charge is 0.346 e. The second kappa shape index (κ2) is 6.37. The Morgan fingerprint density at radius 2 is 1.92 bits per heavy atom. The Bertz CT molecular complexity index is 956. The maximum absolute atomic E-state index is 13.6. The van der Waals surface area contributed by atoms with Crippen molar-refractivity contribution in [2.75, 3.05) is 5.32 Å². The van der Waals surface area contributed by atoms with Crippen LogP contribution < -0.4 is 11.0 Å². The summed E-state index contributed by atoms with van der Waals surface area (Å²) in [5, 5.41) is 2.28. The zero-order valence-electron chi connectivity index (χ0n) is 12.6. The number of amides is 1. The monoisotopic (exact) mass is 325 g/mol. The molecule has 3 aromatic rings. The first kappa shape index (κ1) is 15.5. The number of aromatic nitrogens is 4. The number of rotatable bonds is 3. The van der Waals surface area contributed by atoms with Crippen LogP contribution in [0, 0.1) is 12.7 Å². The average molecular weight is 325 g/mol. The van der Waals surface area contributed by atoms with E-state index in [2.05, 4.69) is 25.3 Å². The zero-order chi connectivity index (χ0) is 17.1. The quantitative estimate of drug-likeness (QED) is 0.766. The number of anilines is 1. The first-order chi connectivity index (χ1) is 11.5. The van der Waals surface area contributed by atoms with Crippen LogP contribution in [-0.4, -0.2) is 25.8 Å². The van der Waals surface area contributed by atoms with Crippen LogP contribution in [-0.2, 0) is 0 Å². The van der Waals surface area contributed by atoms with Crippen LogP contribution >= 0.6 is 0 Å². The fourth-order valence-electron chi connectivity index (χ4n) is 2.07. The van der Waals surface area contributed by atoms with E-state index in [0.29, 0.717) is 11.5 Å². The van der Waals surface area contributed by atoms with Crippen LogP contribution in [0.5, 0.6) is 0 Å². The average Bonchev–Trinajstić information content (AvgIpc) is 2.58. The molecule has 0 saturated carbocycles. The van der Waals surface area contributed by atoms with E-state index in [1.165, 1.54) is 6.20 Å². The second-order valence-electron chi connectivity index (χ2n) is 4.92. The van der Waals surface area contributed by atoms with E-state index in [1.807, 2.05) is 30.3 Å². The molecular formula is C16H12FN5O2. The summed E-state index contributed by atoms with van der Waals surface area (Å²) in [5.74, 6) is -1.35. The number of carbonyl (C=O) groups excluding carboxylic acids is 1. The van der Waals surface area contributed by atoms with Gasteiger partial charge in [0.1, 0.15) is 0 Å². The molecule has 0 spiro atoms. The topological polar surface area (TPSA) is 101 Å². The van der Waals surface area contributed by atoms with E-state index >= 15 is 0 Å². The highest BCUT2D eigenvalue weighted by Gasteiger charge is 2.15. The van der Waals surface area contributed by atoms with Gasteiger partial charge in [-0.2, -0.15) is 4.98 Å². The second-order valence-corrected chi connectivity index (χ2v) is 4.92. The number of carbonyl (C=O) groups is 1. The van der Waals surface area contributed by atoms with Crippen molar-refractivity contribution in [2.24, 2.45) is 0 Å². The lowest BCUT2D eigenvalue weighted by Crippen LogP contribution is -2.20. The van der Waals surface area contributed by atoms with E-state index in [1.54, 1.807) is 6.92 Å². The summed E-state index contributed by atoms with van der Waals surface area (Å²) in [7, 11) is 0. The normalized spacial score (nSPS) is 10.4. The molecule has 0 aliphatic carbocycles. The number of aryl methyl sites for hydroxylation is 1. The van der Waals surface area contributed by atoms with E-state index in [-0.39, 0.29) is 11.4 Å². The van der Waals surface area contributed by atoms with Gasteiger partial charge in [-0.3, -0.25) is 9.78 Å². The number of nitrogens with zero attached hydrogens (tertiary/aromatic N) is 3. The van der Waals surface area contributed by atoms with Crippen LogP contribution in [0.15, 0.2) is 47.5 Å². The third-order valence-electron chi connectivity index (χ3n) is 3.26. The summed E-state index contributed by atoms with van der Waals surface area (Å²) >= 11 is 0. The molecule has 24 heavy (non-hydrogen) atoms. The molecule has 0 aliphatic heterocycles. The number of hydrogen-bond donors (Lipinski definition) is 2. The van der Waals surface area contributed by atoms with Crippen molar-refractivity contribution in [2.45, 2.75) is 6.92 Å². The summed E-state index contributed by atoms with van der Waals surface area (Å²) in [5.41, 5.74) is 0.654. The molecule has 0 atom stereocenters. The molecule has 3 rings (SSSR count). The minimum atomic E-state index is -0.845. The zero-order valence-corrected chi connectivity index (χ0v) is 12.6. The fourth-order valence-corrected chi connectivity index (χ4v) is 2.07. The van der Waals surface area contributed by atoms with Gasteiger partial charge in [0.05, 0.1) is 17.5 Å². The number of nitrogens with one attached hydrogen (secondary N) is 2. The molecule has 120 valence electrons. The third kappa shape index (κ3) is 3.17. The van der Waals surface area contributed by atoms with Crippen molar-refractivity contribution < 1.29 is 9.18 Å². The predicted octanol–water partition coefficient (Wildman–Crippen LogP) is 1.93. The van der Waals surface area contributed by atoms with Gasteiger partial charge < -0.3 is 5.32 Å². The van der Waals surface area contributed by atoms with E-state index in [4.69, 9.17) is 0 Å². The maximum Gasteiger partial charge on any atom is 0.346 e. The number of H-pyrrole nitrogens is 1. The van der Waals surface area contributed by atoms with Crippen molar-refractivity contribution in [1.29, 1.82) is 0 Å². The maximum atomic E-state index is 13.6. The summed E-state index contributed by atoms with van der Waals surface area (Å²) < 4.78 is 13.6. The number of aromatic amines is 1. The Kier molecular flexibility index (Phi) is 4.11. The first-order valence-electron chi connectivity index (χ1n) is 7.00. The van der Waals surface area contributed by atoms with Crippen LogP contribution in [0.1, 0.15) is 16.1 Å². The molecule has 0 saturated heterocycles. The Hall–Kier alpha value is -3.42. The van der Waals surface area contributed by atoms with Crippen molar-refractivity contribution in [3.8, 4) is 11.4 Å². The summed E-state index contributed by atoms with van der Waals surface area (Å²) in [4.78, 5) is 37.2. The van der Waals surface area contributed by atoms with Crippen molar-refractivity contribution in [3.05, 3.63) is 70.3 Å². The smallest absolute Gasteiger partial charge is 0.305 e. The molecule has 0 bridgehead atoms. The van der Waals surface area contributed by atoms with Crippen LogP contribution in [0.4, 0.5) is 10.2 Å². The highest BCUT2D eigenvalue weighted by atomic mass is 19.1. The fraction of sp³-hybridized carbons (Fsp3) is 0.0625. The van der Waals surface area contributed by atoms with Gasteiger partial charge in [0.2, 0.25) is 0 Å². The first-order valence-corrected chi connectivity index (χ1v) is 7.00. The Morgan fingerprint density at radius 3 is 2.62 bits per heavy atom. The van der Waals surface area contributed by atoms with Gasteiger partial charge >= 0.3 is 5.69 Å². The van der Waals surface area contributed by atoms with Gasteiger partial charge in [0.25, 0.3) is 5.91 Å². The summed E-state index contributed by atoms with van der Waals surface area (Å²) in [6.07, 6.45) is 2.09. The van der Waals surface area contributed by atoms with Crippen LogP contribution in [0.2, 0.25) is 0 Å². The molecule has 7 nitrogen and oxygen atoms in total. The van der Waals surface area contributed by atoms with Gasteiger partial charge in [-0.1, -0.05) is 30.3 Å². The van der Waals surface area contributed by atoms with Crippen molar-refractivity contribution >= 4 is 11.7 Å². The molecule has 2 aromatic heterocycles. The highest BCUT2D eigenvalue weighted by Crippen LogP contribution is 2.16. The number of hydrogen-bond acceptors (Lipinski definition) is 5. The summed E-state index contributed by atoms with van der Waals surface area (Å²) in [6, 6.07) is 9.30. The Labute approximate surface area is 135 Å². The molecule has 2 heterocycles. The number of halogens is 1. The predicted molar refractivity (Wildman–Crippen MR) is 85.0 cm³/mol. The molecule has 0 unspecified atom stereocenters. The van der Waals surface area contributed by atoms with E-state index in [0.717, 1.165) is 11.8 Å². The minimum absolute atomic E-state index is 0.173. The minimum Gasteiger partial charge on any atom is -0.305 e. The summed E-state index contributed by atoms with van der Waals surface area (Å²) in [6.45, 7) is 1.65. The van der Waals surface area contributed by atoms with Crippen molar-refractivity contribution in [3.63, 3.8) is 0 Å². The van der Waals surface area contributed by atoms with Gasteiger partial charge in [0, 0.05) is 11.8 Å². The van der Waals surface area contributed by atoms with Gasteiger partial charge in [-0.15, -0.1) is 0 Å². The molecular weight excluding hydrogens is 313 g/mol. The SMILES string of the molecule is Cc1nc(-c2ccccc2)ncc1C(=O)Nc1[nH]c(=O)ncc1F. The third-order valence-corrected chi connectivity index (χ3v) is 3.26. The molecule has 0 radical (unpaired) electrons. The van der Waals surface area contributed by atoms with E-state index < -0.39 is 17.4 Å². The molecule has 0 aliphatic rings. The molecule has 1 aromatic carbocycles. The van der Waals surface area contributed by atoms with E-state index in [9.17, 15) is 14.0 Å². The molecule has 1 amide bonds. The van der Waals surface area contributed by atoms with Crippen LogP contribution in [0.3, 0.4) is 0 Å². The molecule has 2 N–H and O–H groups in total. The lowest BCUT2D eigenvalue weighted by Gasteiger charge is -2.08.